The average molecular weight is 287 g/mol. The average Bonchev–Trinajstić information content (AvgIpc) is 2.24. The summed E-state index contributed by atoms with van der Waals surface area (Å²) in [5, 5.41) is 5.05. The van der Waals surface area contributed by atoms with Crippen molar-refractivity contribution in [3.8, 4) is 0 Å². The minimum Gasteiger partial charge on any atom is -0.444 e. The third kappa shape index (κ3) is 8.34. The molecule has 0 aromatic heterocycles. The van der Waals surface area contributed by atoms with Gasteiger partial charge in [0.05, 0.1) is 6.42 Å². The maximum atomic E-state index is 12.0. The van der Waals surface area contributed by atoms with Crippen LogP contribution in [0.4, 0.5) is 4.79 Å². The highest BCUT2D eigenvalue weighted by atomic mass is 16.6. The van der Waals surface area contributed by atoms with Crippen LogP contribution in [-0.2, 0) is 14.3 Å². The van der Waals surface area contributed by atoms with E-state index >= 15 is 0 Å². The van der Waals surface area contributed by atoms with Crippen molar-refractivity contribution in [2.75, 3.05) is 0 Å². The van der Waals surface area contributed by atoms with E-state index in [0.717, 1.165) is 6.42 Å². The SMILES string of the molecule is CC[C@H](C)NC(=O)[C@@H](CC(N)=O)NC(=O)OC(C)(C)C. The van der Waals surface area contributed by atoms with Crippen molar-refractivity contribution in [1.29, 1.82) is 0 Å². The van der Waals surface area contributed by atoms with Crippen LogP contribution in [0.1, 0.15) is 47.5 Å². The molecule has 0 unspecified atom stereocenters. The van der Waals surface area contributed by atoms with E-state index in [1.165, 1.54) is 0 Å². The van der Waals surface area contributed by atoms with E-state index in [1.807, 2.05) is 13.8 Å². The molecule has 0 aromatic rings. The first-order chi connectivity index (χ1) is 9.05. The Labute approximate surface area is 119 Å². The number of alkyl carbamates (subject to hydrolysis) is 1. The molecule has 3 amide bonds. The summed E-state index contributed by atoms with van der Waals surface area (Å²) in [7, 11) is 0. The molecule has 0 spiro atoms. The van der Waals surface area contributed by atoms with Crippen LogP contribution in [0.2, 0.25) is 0 Å². The van der Waals surface area contributed by atoms with Gasteiger partial charge in [-0.3, -0.25) is 9.59 Å². The molecule has 0 rings (SSSR count). The summed E-state index contributed by atoms with van der Waals surface area (Å²) in [5.74, 6) is -1.13. The fourth-order valence-corrected chi connectivity index (χ4v) is 1.31. The van der Waals surface area contributed by atoms with Crippen LogP contribution in [0.5, 0.6) is 0 Å². The van der Waals surface area contributed by atoms with E-state index in [2.05, 4.69) is 10.6 Å². The second-order valence-electron chi connectivity index (χ2n) is 5.69. The van der Waals surface area contributed by atoms with Crippen molar-refractivity contribution < 1.29 is 19.1 Å². The summed E-state index contributed by atoms with van der Waals surface area (Å²) < 4.78 is 5.05. The molecule has 0 fully saturated rings. The van der Waals surface area contributed by atoms with Gasteiger partial charge in [0.15, 0.2) is 0 Å². The summed E-state index contributed by atoms with van der Waals surface area (Å²) in [6, 6.07) is -1.09. The molecule has 0 aliphatic heterocycles. The lowest BCUT2D eigenvalue weighted by atomic mass is 10.1. The first kappa shape index (κ1) is 18.2. The zero-order valence-corrected chi connectivity index (χ0v) is 12.8. The number of amides is 3. The van der Waals surface area contributed by atoms with Gasteiger partial charge in [0.2, 0.25) is 11.8 Å². The van der Waals surface area contributed by atoms with Crippen LogP contribution in [0.25, 0.3) is 0 Å². The third-order valence-electron chi connectivity index (χ3n) is 2.41. The van der Waals surface area contributed by atoms with Crippen LogP contribution in [0.15, 0.2) is 0 Å². The minimum atomic E-state index is -1.03. The maximum Gasteiger partial charge on any atom is 0.408 e. The molecule has 7 heteroatoms. The lowest BCUT2D eigenvalue weighted by Gasteiger charge is -2.23. The van der Waals surface area contributed by atoms with Gasteiger partial charge >= 0.3 is 6.09 Å². The molecule has 0 saturated heterocycles. The molecule has 7 nitrogen and oxygen atoms in total. The standard InChI is InChI=1S/C13H25N3O4/c1-6-8(2)15-11(18)9(7-10(14)17)16-12(19)20-13(3,4)5/h8-9H,6-7H2,1-5H3,(H2,14,17)(H,15,18)(H,16,19)/t8-,9+/m0/s1. The molecule has 0 aromatic carbocycles. The van der Waals surface area contributed by atoms with Gasteiger partial charge in [0, 0.05) is 6.04 Å². The number of carbonyl (C=O) groups is 3. The van der Waals surface area contributed by atoms with Crippen molar-refractivity contribution in [2.24, 2.45) is 5.73 Å². The second-order valence-corrected chi connectivity index (χ2v) is 5.69. The number of nitrogens with one attached hydrogen (secondary N) is 2. The highest BCUT2D eigenvalue weighted by Gasteiger charge is 2.26. The van der Waals surface area contributed by atoms with Crippen molar-refractivity contribution in [3.63, 3.8) is 0 Å². The van der Waals surface area contributed by atoms with E-state index in [4.69, 9.17) is 10.5 Å². The topological polar surface area (TPSA) is 111 Å². The summed E-state index contributed by atoms with van der Waals surface area (Å²) in [6.45, 7) is 8.85. The predicted molar refractivity (Wildman–Crippen MR) is 74.9 cm³/mol. The van der Waals surface area contributed by atoms with E-state index < -0.39 is 29.6 Å². The molecule has 2 atom stereocenters. The van der Waals surface area contributed by atoms with Crippen LogP contribution in [0, 0.1) is 0 Å². The van der Waals surface area contributed by atoms with Crippen LogP contribution < -0.4 is 16.4 Å². The van der Waals surface area contributed by atoms with Crippen molar-refractivity contribution in [3.05, 3.63) is 0 Å². The van der Waals surface area contributed by atoms with Gasteiger partial charge in [-0.1, -0.05) is 6.92 Å². The van der Waals surface area contributed by atoms with Crippen molar-refractivity contribution in [1.82, 2.24) is 10.6 Å². The van der Waals surface area contributed by atoms with E-state index in [1.54, 1.807) is 20.8 Å². The van der Waals surface area contributed by atoms with Crippen LogP contribution in [-0.4, -0.2) is 35.6 Å². The summed E-state index contributed by atoms with van der Waals surface area (Å²) in [6.07, 6.45) is -0.300. The molecule has 0 aliphatic carbocycles. The molecule has 0 saturated carbocycles. The number of primary amides is 1. The zero-order chi connectivity index (χ0) is 15.9. The smallest absolute Gasteiger partial charge is 0.408 e. The van der Waals surface area contributed by atoms with E-state index in [-0.39, 0.29) is 12.5 Å². The maximum absolute atomic E-state index is 12.0. The fourth-order valence-electron chi connectivity index (χ4n) is 1.31. The van der Waals surface area contributed by atoms with Crippen molar-refractivity contribution in [2.45, 2.75) is 65.1 Å². The monoisotopic (exact) mass is 287 g/mol. The molecule has 0 bridgehead atoms. The number of hydrogen-bond donors (Lipinski definition) is 3. The molecule has 0 aliphatic rings. The Bertz CT molecular complexity index is 363. The number of hydrogen-bond acceptors (Lipinski definition) is 4. The highest BCUT2D eigenvalue weighted by Crippen LogP contribution is 2.07. The number of carbonyl (C=O) groups excluding carboxylic acids is 3. The fraction of sp³-hybridized carbons (Fsp3) is 0.769. The first-order valence-corrected chi connectivity index (χ1v) is 6.63. The van der Waals surface area contributed by atoms with Gasteiger partial charge in [-0.15, -0.1) is 0 Å². The number of ether oxygens (including phenoxy) is 1. The molecule has 20 heavy (non-hydrogen) atoms. The predicted octanol–water partition coefficient (Wildman–Crippen LogP) is 0.670. The van der Waals surface area contributed by atoms with Crippen LogP contribution in [0.3, 0.4) is 0 Å². The molecule has 0 radical (unpaired) electrons. The van der Waals surface area contributed by atoms with Gasteiger partial charge < -0.3 is 21.1 Å². The largest absolute Gasteiger partial charge is 0.444 e. The highest BCUT2D eigenvalue weighted by molar-refractivity contribution is 5.90. The van der Waals surface area contributed by atoms with Gasteiger partial charge in [0.25, 0.3) is 0 Å². The summed E-state index contributed by atoms with van der Waals surface area (Å²) >= 11 is 0. The summed E-state index contributed by atoms with van der Waals surface area (Å²) in [5.41, 5.74) is 4.40. The third-order valence-corrected chi connectivity index (χ3v) is 2.41. The van der Waals surface area contributed by atoms with Gasteiger partial charge in [-0.05, 0) is 34.1 Å². The van der Waals surface area contributed by atoms with Gasteiger partial charge in [-0.25, -0.2) is 4.79 Å². The first-order valence-electron chi connectivity index (χ1n) is 6.63. The lowest BCUT2D eigenvalue weighted by molar-refractivity contribution is -0.127. The molecular weight excluding hydrogens is 262 g/mol. The lowest BCUT2D eigenvalue weighted by Crippen LogP contribution is -2.51. The Morgan fingerprint density at radius 2 is 1.75 bits per heavy atom. The Kier molecular flexibility index (Phi) is 7.02. The number of rotatable bonds is 6. The molecular formula is C13H25N3O4. The molecule has 116 valence electrons. The van der Waals surface area contributed by atoms with E-state index in [9.17, 15) is 14.4 Å². The zero-order valence-electron chi connectivity index (χ0n) is 12.8. The number of nitrogens with two attached hydrogens (primary N) is 1. The Morgan fingerprint density at radius 3 is 2.15 bits per heavy atom. The quantitative estimate of drug-likeness (QED) is 0.666. The van der Waals surface area contributed by atoms with Crippen LogP contribution >= 0.6 is 0 Å². The summed E-state index contributed by atoms with van der Waals surface area (Å²) in [4.78, 5) is 34.6. The van der Waals surface area contributed by atoms with Gasteiger partial charge in [-0.2, -0.15) is 0 Å². The second kappa shape index (κ2) is 7.72. The Morgan fingerprint density at radius 1 is 1.20 bits per heavy atom. The van der Waals surface area contributed by atoms with Gasteiger partial charge in [0.1, 0.15) is 11.6 Å². The Hall–Kier alpha value is -1.79. The Balaban J connectivity index is 4.68. The minimum absolute atomic E-state index is 0.0571. The normalized spacial score (nSPS) is 14.1. The van der Waals surface area contributed by atoms with Crippen molar-refractivity contribution >= 4 is 17.9 Å². The molecule has 0 heterocycles. The molecule has 4 N–H and O–H groups in total. The van der Waals surface area contributed by atoms with E-state index in [0.29, 0.717) is 0 Å².